The Morgan fingerprint density at radius 3 is 2.50 bits per heavy atom. The van der Waals surface area contributed by atoms with Gasteiger partial charge in [-0.2, -0.15) is 0 Å². The predicted octanol–water partition coefficient (Wildman–Crippen LogP) is 0.165. The Morgan fingerprint density at radius 2 is 2.17 bits per heavy atom. The van der Waals surface area contributed by atoms with Crippen molar-refractivity contribution in [2.24, 2.45) is 5.73 Å². The van der Waals surface area contributed by atoms with Crippen LogP contribution in [-0.4, -0.2) is 24.2 Å². The van der Waals surface area contributed by atoms with Crippen LogP contribution in [0.25, 0.3) is 0 Å². The van der Waals surface area contributed by atoms with Gasteiger partial charge in [0, 0.05) is 0 Å². The van der Waals surface area contributed by atoms with E-state index in [0.717, 1.165) is 6.42 Å². The molecule has 3 N–H and O–H groups in total. The Bertz CT molecular complexity index is 187. The summed E-state index contributed by atoms with van der Waals surface area (Å²) in [5.41, 5.74) is 5.28. The Labute approximate surface area is 72.0 Å². The van der Waals surface area contributed by atoms with Gasteiger partial charge in [-0.1, -0.05) is 6.92 Å². The van der Waals surface area contributed by atoms with Gasteiger partial charge < -0.3 is 15.6 Å². The van der Waals surface area contributed by atoms with Crippen LogP contribution in [0.2, 0.25) is 0 Å². The quantitative estimate of drug-likeness (QED) is 0.459. The van der Waals surface area contributed by atoms with Crippen molar-refractivity contribution in [3.05, 3.63) is 11.3 Å². The Kier molecular flexibility index (Phi) is 5.12. The van der Waals surface area contributed by atoms with Gasteiger partial charge in [0.15, 0.2) is 0 Å². The van der Waals surface area contributed by atoms with Gasteiger partial charge in [0.1, 0.15) is 12.4 Å². The van der Waals surface area contributed by atoms with Gasteiger partial charge in [-0.15, -0.1) is 0 Å². The minimum atomic E-state index is -0.560. The highest BCUT2D eigenvalue weighted by molar-refractivity contribution is 5.91. The maximum Gasteiger partial charge on any atom is 0.247 e. The van der Waals surface area contributed by atoms with E-state index in [9.17, 15) is 4.79 Å². The highest BCUT2D eigenvalue weighted by Crippen LogP contribution is 2.04. The molecular weight excluding hydrogens is 158 g/mol. The van der Waals surface area contributed by atoms with E-state index >= 15 is 0 Å². The number of hydrogen-bond donors (Lipinski definition) is 2. The molecule has 4 nitrogen and oxygen atoms in total. The number of carbonyl (C=O) groups excluding carboxylic acids is 1. The first-order valence-corrected chi connectivity index (χ1v) is 3.86. The zero-order valence-corrected chi connectivity index (χ0v) is 7.46. The van der Waals surface area contributed by atoms with Crippen LogP contribution in [0, 0.1) is 0 Å². The van der Waals surface area contributed by atoms with Crippen LogP contribution < -0.4 is 5.73 Å². The van der Waals surface area contributed by atoms with Gasteiger partial charge >= 0.3 is 0 Å². The molecule has 70 valence electrons. The SMILES string of the molecule is CCCOC(CO)=C(C)C(N)=O. The molecule has 0 heterocycles. The summed E-state index contributed by atoms with van der Waals surface area (Å²) in [5, 5.41) is 8.78. The molecule has 4 heteroatoms. The third-order valence-electron chi connectivity index (χ3n) is 1.41. The fourth-order valence-electron chi connectivity index (χ4n) is 0.635. The minimum absolute atomic E-state index is 0.268. The van der Waals surface area contributed by atoms with Gasteiger partial charge in [-0.05, 0) is 13.3 Å². The van der Waals surface area contributed by atoms with Crippen LogP contribution in [0.4, 0.5) is 0 Å². The van der Waals surface area contributed by atoms with E-state index in [0.29, 0.717) is 6.61 Å². The molecule has 0 aromatic rings. The number of amides is 1. The van der Waals surface area contributed by atoms with E-state index in [1.165, 1.54) is 6.92 Å². The van der Waals surface area contributed by atoms with Crippen LogP contribution in [0.15, 0.2) is 11.3 Å². The molecule has 0 aliphatic heterocycles. The molecule has 0 aromatic carbocycles. The number of nitrogens with two attached hydrogens (primary N) is 1. The highest BCUT2D eigenvalue weighted by Gasteiger charge is 2.06. The molecule has 0 aliphatic rings. The monoisotopic (exact) mass is 173 g/mol. The van der Waals surface area contributed by atoms with Crippen molar-refractivity contribution in [1.82, 2.24) is 0 Å². The molecule has 0 saturated heterocycles. The summed E-state index contributed by atoms with van der Waals surface area (Å²) >= 11 is 0. The predicted molar refractivity (Wildman–Crippen MR) is 45.2 cm³/mol. The van der Waals surface area contributed by atoms with E-state index in [4.69, 9.17) is 15.6 Å². The molecule has 0 aliphatic carbocycles. The smallest absolute Gasteiger partial charge is 0.247 e. The first-order chi connectivity index (χ1) is 5.63. The normalized spacial score (nSPS) is 12.2. The molecule has 0 bridgehead atoms. The van der Waals surface area contributed by atoms with E-state index < -0.39 is 5.91 Å². The van der Waals surface area contributed by atoms with E-state index in [1.807, 2.05) is 6.92 Å². The largest absolute Gasteiger partial charge is 0.495 e. The molecule has 0 unspecified atom stereocenters. The van der Waals surface area contributed by atoms with Crippen LogP contribution in [0.3, 0.4) is 0 Å². The summed E-state index contributed by atoms with van der Waals surface area (Å²) in [5.74, 6) is -0.292. The third kappa shape index (κ3) is 3.39. The highest BCUT2D eigenvalue weighted by atomic mass is 16.5. The van der Waals surface area contributed by atoms with Gasteiger partial charge in [0.25, 0.3) is 0 Å². The molecule has 12 heavy (non-hydrogen) atoms. The molecule has 0 atom stereocenters. The van der Waals surface area contributed by atoms with E-state index in [1.54, 1.807) is 0 Å². The number of hydrogen-bond acceptors (Lipinski definition) is 3. The summed E-state index contributed by atoms with van der Waals surface area (Å²) in [6.07, 6.45) is 0.829. The number of aliphatic hydroxyl groups excluding tert-OH is 1. The van der Waals surface area contributed by atoms with Crippen molar-refractivity contribution in [3.63, 3.8) is 0 Å². The average molecular weight is 173 g/mol. The molecule has 0 aromatic heterocycles. The molecule has 1 amide bonds. The molecule has 0 fully saturated rings. The molecule has 0 spiro atoms. The second-order valence-electron chi connectivity index (χ2n) is 2.42. The Balaban J connectivity index is 4.28. The van der Waals surface area contributed by atoms with E-state index in [2.05, 4.69) is 0 Å². The summed E-state index contributed by atoms with van der Waals surface area (Å²) in [6.45, 7) is 3.67. The van der Waals surface area contributed by atoms with Crippen molar-refractivity contribution >= 4 is 5.91 Å². The maximum absolute atomic E-state index is 10.6. The number of carbonyl (C=O) groups is 1. The Morgan fingerprint density at radius 1 is 1.58 bits per heavy atom. The molecule has 0 saturated carbocycles. The van der Waals surface area contributed by atoms with Gasteiger partial charge in [-0.3, -0.25) is 4.79 Å². The fourth-order valence-corrected chi connectivity index (χ4v) is 0.635. The number of aliphatic hydroxyl groups is 1. The molecule has 0 rings (SSSR count). The maximum atomic E-state index is 10.6. The van der Waals surface area contributed by atoms with Crippen LogP contribution in [0.1, 0.15) is 20.3 Å². The standard InChI is InChI=1S/C8H15NO3/c1-3-4-12-7(5-10)6(2)8(9)11/h10H,3-5H2,1-2H3,(H2,9,11). The second-order valence-corrected chi connectivity index (χ2v) is 2.42. The lowest BCUT2D eigenvalue weighted by molar-refractivity contribution is -0.114. The lowest BCUT2D eigenvalue weighted by Crippen LogP contribution is -2.16. The van der Waals surface area contributed by atoms with Crippen molar-refractivity contribution < 1.29 is 14.6 Å². The first-order valence-electron chi connectivity index (χ1n) is 3.86. The number of primary amides is 1. The average Bonchev–Trinajstić information content (AvgIpc) is 2.05. The molecule has 0 radical (unpaired) electrons. The van der Waals surface area contributed by atoms with Crippen molar-refractivity contribution in [3.8, 4) is 0 Å². The summed E-state index contributed by atoms with van der Waals surface area (Å²) < 4.78 is 5.09. The summed E-state index contributed by atoms with van der Waals surface area (Å²) in [7, 11) is 0. The van der Waals surface area contributed by atoms with Crippen molar-refractivity contribution in [2.75, 3.05) is 13.2 Å². The number of rotatable bonds is 5. The van der Waals surface area contributed by atoms with E-state index in [-0.39, 0.29) is 17.9 Å². The van der Waals surface area contributed by atoms with Gasteiger partial charge in [0.2, 0.25) is 5.91 Å². The second kappa shape index (κ2) is 5.60. The summed E-state index contributed by atoms with van der Waals surface area (Å²) in [6, 6.07) is 0. The zero-order valence-electron chi connectivity index (χ0n) is 7.46. The first kappa shape index (κ1) is 11.0. The van der Waals surface area contributed by atoms with Crippen LogP contribution >= 0.6 is 0 Å². The minimum Gasteiger partial charge on any atom is -0.495 e. The summed E-state index contributed by atoms with van der Waals surface area (Å²) in [4.78, 5) is 10.6. The van der Waals surface area contributed by atoms with Gasteiger partial charge in [-0.25, -0.2) is 0 Å². The fraction of sp³-hybridized carbons (Fsp3) is 0.625. The molecular formula is C8H15NO3. The van der Waals surface area contributed by atoms with Crippen LogP contribution in [0.5, 0.6) is 0 Å². The lowest BCUT2D eigenvalue weighted by Gasteiger charge is -2.08. The lowest BCUT2D eigenvalue weighted by atomic mass is 10.2. The zero-order chi connectivity index (χ0) is 9.56. The van der Waals surface area contributed by atoms with Gasteiger partial charge in [0.05, 0.1) is 12.2 Å². The van der Waals surface area contributed by atoms with Crippen molar-refractivity contribution in [2.45, 2.75) is 20.3 Å². The topological polar surface area (TPSA) is 72.6 Å². The Hall–Kier alpha value is -1.03. The van der Waals surface area contributed by atoms with Crippen molar-refractivity contribution in [1.29, 1.82) is 0 Å². The number of ether oxygens (including phenoxy) is 1. The van der Waals surface area contributed by atoms with Crippen LogP contribution in [-0.2, 0) is 9.53 Å². The third-order valence-corrected chi connectivity index (χ3v) is 1.41.